The largest absolute Gasteiger partial charge is 0.483 e. The standard InChI is InChI=1S/C14H19N3OS/c1-4-12(13-16-17-14(15)19-13)18-11-7-5-10(6-8-11)9(2)3/h5-9,12H,4H2,1-3H3,(H2,15,17). The highest BCUT2D eigenvalue weighted by Crippen LogP contribution is 2.28. The minimum atomic E-state index is -0.0836. The van der Waals surface area contributed by atoms with Gasteiger partial charge in [0.1, 0.15) is 5.75 Å². The predicted molar refractivity (Wildman–Crippen MR) is 78.5 cm³/mol. The Kier molecular flexibility index (Phi) is 4.37. The van der Waals surface area contributed by atoms with Gasteiger partial charge in [0.2, 0.25) is 5.13 Å². The van der Waals surface area contributed by atoms with E-state index in [1.54, 1.807) is 0 Å². The average molecular weight is 277 g/mol. The van der Waals surface area contributed by atoms with Crippen molar-refractivity contribution in [3.05, 3.63) is 34.8 Å². The molecule has 0 bridgehead atoms. The van der Waals surface area contributed by atoms with Crippen molar-refractivity contribution in [3.8, 4) is 5.75 Å². The van der Waals surface area contributed by atoms with Crippen LogP contribution in [0.4, 0.5) is 5.13 Å². The number of anilines is 1. The van der Waals surface area contributed by atoms with Crippen molar-refractivity contribution >= 4 is 16.5 Å². The summed E-state index contributed by atoms with van der Waals surface area (Å²) in [5.41, 5.74) is 6.91. The quantitative estimate of drug-likeness (QED) is 0.903. The first kappa shape index (κ1) is 13.8. The van der Waals surface area contributed by atoms with Gasteiger partial charge in [0.05, 0.1) is 0 Å². The Labute approximate surface area is 117 Å². The molecule has 5 heteroatoms. The minimum absolute atomic E-state index is 0.0836. The summed E-state index contributed by atoms with van der Waals surface area (Å²) in [5.74, 6) is 1.38. The van der Waals surface area contributed by atoms with Crippen molar-refractivity contribution in [2.75, 3.05) is 5.73 Å². The number of nitrogens with zero attached hydrogens (tertiary/aromatic N) is 2. The summed E-state index contributed by atoms with van der Waals surface area (Å²) in [6.07, 6.45) is 0.750. The van der Waals surface area contributed by atoms with Crippen molar-refractivity contribution in [2.24, 2.45) is 0 Å². The molecule has 102 valence electrons. The van der Waals surface area contributed by atoms with Crippen molar-refractivity contribution in [1.29, 1.82) is 0 Å². The van der Waals surface area contributed by atoms with Crippen molar-refractivity contribution in [3.63, 3.8) is 0 Å². The molecule has 2 rings (SSSR count). The van der Waals surface area contributed by atoms with Crippen molar-refractivity contribution < 1.29 is 4.74 Å². The Balaban J connectivity index is 2.10. The van der Waals surface area contributed by atoms with Gasteiger partial charge in [0.15, 0.2) is 11.1 Å². The van der Waals surface area contributed by atoms with E-state index in [2.05, 4.69) is 43.1 Å². The Morgan fingerprint density at radius 3 is 2.37 bits per heavy atom. The van der Waals surface area contributed by atoms with Crippen LogP contribution in [0.15, 0.2) is 24.3 Å². The highest BCUT2D eigenvalue weighted by molar-refractivity contribution is 7.15. The van der Waals surface area contributed by atoms with E-state index in [1.807, 2.05) is 12.1 Å². The molecule has 19 heavy (non-hydrogen) atoms. The molecule has 1 heterocycles. The summed E-state index contributed by atoms with van der Waals surface area (Å²) in [6.45, 7) is 6.41. The fourth-order valence-electron chi connectivity index (χ4n) is 1.78. The maximum Gasteiger partial charge on any atom is 0.203 e. The normalized spacial score (nSPS) is 12.6. The third-order valence-electron chi connectivity index (χ3n) is 2.93. The fraction of sp³-hybridized carbons (Fsp3) is 0.429. The number of hydrogen-bond acceptors (Lipinski definition) is 5. The third-order valence-corrected chi connectivity index (χ3v) is 3.77. The lowest BCUT2D eigenvalue weighted by atomic mass is 10.0. The number of hydrogen-bond donors (Lipinski definition) is 1. The minimum Gasteiger partial charge on any atom is -0.483 e. The average Bonchev–Trinajstić information content (AvgIpc) is 2.83. The Morgan fingerprint density at radius 1 is 1.21 bits per heavy atom. The molecule has 2 aromatic rings. The first-order chi connectivity index (χ1) is 9.10. The molecule has 0 saturated carbocycles. The van der Waals surface area contributed by atoms with Gasteiger partial charge in [-0.3, -0.25) is 0 Å². The summed E-state index contributed by atoms with van der Waals surface area (Å²) in [7, 11) is 0. The molecule has 0 aliphatic carbocycles. The van der Waals surface area contributed by atoms with Gasteiger partial charge in [-0.05, 0) is 30.0 Å². The summed E-state index contributed by atoms with van der Waals surface area (Å²) in [6, 6.07) is 8.20. The maximum atomic E-state index is 5.95. The highest BCUT2D eigenvalue weighted by Gasteiger charge is 2.16. The molecular weight excluding hydrogens is 258 g/mol. The topological polar surface area (TPSA) is 61.0 Å². The molecule has 0 fully saturated rings. The van der Waals surface area contributed by atoms with Crippen LogP contribution in [0.5, 0.6) is 5.75 Å². The van der Waals surface area contributed by atoms with Gasteiger partial charge in [-0.15, -0.1) is 10.2 Å². The van der Waals surface area contributed by atoms with Gasteiger partial charge >= 0.3 is 0 Å². The van der Waals surface area contributed by atoms with Crippen LogP contribution < -0.4 is 10.5 Å². The van der Waals surface area contributed by atoms with Gasteiger partial charge in [0, 0.05) is 0 Å². The summed E-state index contributed by atoms with van der Waals surface area (Å²) >= 11 is 1.38. The second kappa shape index (κ2) is 6.02. The molecule has 1 aromatic heterocycles. The van der Waals surface area contributed by atoms with E-state index in [0.29, 0.717) is 11.0 Å². The Morgan fingerprint density at radius 2 is 1.89 bits per heavy atom. The zero-order valence-corrected chi connectivity index (χ0v) is 12.3. The van der Waals surface area contributed by atoms with E-state index < -0.39 is 0 Å². The summed E-state index contributed by atoms with van der Waals surface area (Å²) in [5, 5.41) is 9.18. The number of ether oxygens (including phenoxy) is 1. The van der Waals surface area contributed by atoms with E-state index >= 15 is 0 Å². The van der Waals surface area contributed by atoms with Gasteiger partial charge in [-0.25, -0.2) is 0 Å². The fourth-order valence-corrected chi connectivity index (χ4v) is 2.50. The molecule has 4 nitrogen and oxygen atoms in total. The predicted octanol–water partition coefficient (Wildman–Crippen LogP) is 3.77. The van der Waals surface area contributed by atoms with Gasteiger partial charge in [0.25, 0.3) is 0 Å². The van der Waals surface area contributed by atoms with Gasteiger partial charge in [-0.1, -0.05) is 44.2 Å². The highest BCUT2D eigenvalue weighted by atomic mass is 32.1. The van der Waals surface area contributed by atoms with E-state index in [-0.39, 0.29) is 6.10 Å². The second-order valence-corrected chi connectivity index (χ2v) is 5.76. The number of aromatic nitrogens is 2. The van der Waals surface area contributed by atoms with E-state index in [9.17, 15) is 0 Å². The molecule has 1 unspecified atom stereocenters. The molecule has 0 aliphatic rings. The maximum absolute atomic E-state index is 5.95. The van der Waals surface area contributed by atoms with E-state index in [0.717, 1.165) is 17.2 Å². The Bertz CT molecular complexity index is 522. The zero-order chi connectivity index (χ0) is 13.8. The lowest BCUT2D eigenvalue weighted by Crippen LogP contribution is -2.06. The molecular formula is C14H19N3OS. The van der Waals surface area contributed by atoms with Crippen molar-refractivity contribution in [1.82, 2.24) is 10.2 Å². The number of rotatable bonds is 5. The Hall–Kier alpha value is -1.62. The molecule has 0 radical (unpaired) electrons. The number of nitrogen functional groups attached to an aromatic ring is 1. The zero-order valence-electron chi connectivity index (χ0n) is 11.5. The molecule has 1 atom stereocenters. The van der Waals surface area contributed by atoms with Crippen molar-refractivity contribution in [2.45, 2.75) is 39.2 Å². The molecule has 0 spiro atoms. The lowest BCUT2D eigenvalue weighted by Gasteiger charge is -2.15. The lowest BCUT2D eigenvalue weighted by molar-refractivity contribution is 0.200. The smallest absolute Gasteiger partial charge is 0.203 e. The summed E-state index contributed by atoms with van der Waals surface area (Å²) < 4.78 is 5.95. The third kappa shape index (κ3) is 3.44. The first-order valence-corrected chi connectivity index (χ1v) is 7.27. The molecule has 2 N–H and O–H groups in total. The molecule has 0 saturated heterocycles. The van der Waals surface area contributed by atoms with Crippen LogP contribution in [-0.4, -0.2) is 10.2 Å². The molecule has 1 aromatic carbocycles. The van der Waals surface area contributed by atoms with Crippen LogP contribution in [0.25, 0.3) is 0 Å². The monoisotopic (exact) mass is 277 g/mol. The van der Waals surface area contributed by atoms with Gasteiger partial charge < -0.3 is 10.5 Å². The number of nitrogens with two attached hydrogens (primary N) is 1. The SMILES string of the molecule is CCC(Oc1ccc(C(C)C)cc1)c1nnc(N)s1. The van der Waals surface area contributed by atoms with Crippen LogP contribution in [0, 0.1) is 0 Å². The van der Waals surface area contributed by atoms with Crippen LogP contribution in [0.1, 0.15) is 49.8 Å². The first-order valence-electron chi connectivity index (χ1n) is 6.45. The van der Waals surface area contributed by atoms with Gasteiger partial charge in [-0.2, -0.15) is 0 Å². The van der Waals surface area contributed by atoms with E-state index in [1.165, 1.54) is 16.9 Å². The van der Waals surface area contributed by atoms with Crippen LogP contribution in [0.2, 0.25) is 0 Å². The summed E-state index contributed by atoms with van der Waals surface area (Å²) in [4.78, 5) is 0. The van der Waals surface area contributed by atoms with E-state index in [4.69, 9.17) is 10.5 Å². The number of benzene rings is 1. The van der Waals surface area contributed by atoms with Crippen LogP contribution in [0.3, 0.4) is 0 Å². The molecule has 0 amide bonds. The second-order valence-electron chi connectivity index (χ2n) is 4.72. The van der Waals surface area contributed by atoms with Crippen LogP contribution >= 0.6 is 11.3 Å². The van der Waals surface area contributed by atoms with Crippen LogP contribution in [-0.2, 0) is 0 Å². The molecule has 0 aliphatic heterocycles.